The van der Waals surface area contributed by atoms with Crippen molar-refractivity contribution in [2.24, 2.45) is 14.1 Å². The molecule has 1 atom stereocenters. The highest BCUT2D eigenvalue weighted by atomic mass is 16.6. The fourth-order valence-corrected chi connectivity index (χ4v) is 2.86. The molecule has 0 fully saturated rings. The van der Waals surface area contributed by atoms with Gasteiger partial charge in [0, 0.05) is 20.6 Å². The van der Waals surface area contributed by atoms with Crippen molar-refractivity contribution in [2.45, 2.75) is 26.0 Å². The van der Waals surface area contributed by atoms with Crippen molar-refractivity contribution in [3.63, 3.8) is 0 Å². The van der Waals surface area contributed by atoms with E-state index in [1.165, 1.54) is 10.9 Å². The van der Waals surface area contributed by atoms with Crippen LogP contribution in [0.1, 0.15) is 13.3 Å². The second kappa shape index (κ2) is 8.12. The van der Waals surface area contributed by atoms with Crippen LogP contribution in [-0.4, -0.2) is 37.4 Å². The van der Waals surface area contributed by atoms with Crippen molar-refractivity contribution >= 4 is 17.1 Å². The van der Waals surface area contributed by atoms with Crippen molar-refractivity contribution < 1.29 is 14.3 Å². The highest BCUT2D eigenvalue weighted by Crippen LogP contribution is 2.11. The lowest BCUT2D eigenvalue weighted by molar-refractivity contribution is -0.151. The monoisotopic (exact) mass is 386 g/mol. The van der Waals surface area contributed by atoms with Crippen LogP contribution < -0.4 is 16.0 Å². The summed E-state index contributed by atoms with van der Waals surface area (Å²) < 4.78 is 14.7. The molecule has 9 heteroatoms. The summed E-state index contributed by atoms with van der Waals surface area (Å²) in [5, 5.41) is 0. The van der Waals surface area contributed by atoms with Crippen LogP contribution in [0.25, 0.3) is 11.2 Å². The van der Waals surface area contributed by atoms with Crippen LogP contribution >= 0.6 is 0 Å². The normalized spacial score (nSPS) is 12.1. The third-order valence-electron chi connectivity index (χ3n) is 4.36. The van der Waals surface area contributed by atoms with Gasteiger partial charge in [-0.1, -0.05) is 18.2 Å². The molecule has 1 aromatic carbocycles. The van der Waals surface area contributed by atoms with E-state index < -0.39 is 23.3 Å². The molecule has 3 aromatic rings. The Labute approximate surface area is 160 Å². The molecule has 0 aliphatic heterocycles. The van der Waals surface area contributed by atoms with Gasteiger partial charge in [-0.3, -0.25) is 13.9 Å². The zero-order valence-corrected chi connectivity index (χ0v) is 16.0. The van der Waals surface area contributed by atoms with Crippen molar-refractivity contribution in [2.75, 3.05) is 6.61 Å². The summed E-state index contributed by atoms with van der Waals surface area (Å²) >= 11 is 0. The number of carbonyl (C=O) groups excluding carboxylic acids is 1. The molecule has 0 aliphatic carbocycles. The number of esters is 1. The Bertz CT molecular complexity index is 1100. The number of fused-ring (bicyclic) bond motifs is 1. The van der Waals surface area contributed by atoms with Gasteiger partial charge in [0.1, 0.15) is 5.75 Å². The molecular formula is C19H22N4O5. The van der Waals surface area contributed by atoms with Crippen LogP contribution in [0.3, 0.4) is 0 Å². The number of hydrogen-bond acceptors (Lipinski definition) is 6. The van der Waals surface area contributed by atoms with Gasteiger partial charge in [-0.15, -0.1) is 0 Å². The number of ether oxygens (including phenoxy) is 2. The largest absolute Gasteiger partial charge is 0.479 e. The van der Waals surface area contributed by atoms with Crippen LogP contribution in [0, 0.1) is 0 Å². The smallest absolute Gasteiger partial charge is 0.347 e. The Balaban J connectivity index is 1.60. The standard InChI is InChI=1S/C19H22N4O5/c1-13(28-14-8-5-4-6-9-14)18(25)27-11-7-10-23-17(24)15-16(20-12-21(15)2)22(3)19(23)26/h4-6,8-9,12-13H,7,10-11H2,1-3H3. The molecule has 9 nitrogen and oxygen atoms in total. The predicted octanol–water partition coefficient (Wildman–Crippen LogP) is 0.835. The second-order valence-electron chi connectivity index (χ2n) is 6.42. The lowest BCUT2D eigenvalue weighted by atomic mass is 10.3. The Morgan fingerprint density at radius 3 is 2.61 bits per heavy atom. The first-order valence-corrected chi connectivity index (χ1v) is 8.89. The van der Waals surface area contributed by atoms with Gasteiger partial charge in [0.25, 0.3) is 5.56 Å². The molecule has 0 saturated carbocycles. The molecule has 0 amide bonds. The minimum atomic E-state index is -0.760. The molecule has 0 bridgehead atoms. The van der Waals surface area contributed by atoms with E-state index in [2.05, 4.69) is 4.98 Å². The van der Waals surface area contributed by atoms with Gasteiger partial charge in [0.15, 0.2) is 17.3 Å². The maximum atomic E-state index is 12.6. The summed E-state index contributed by atoms with van der Waals surface area (Å²) in [7, 11) is 3.26. The van der Waals surface area contributed by atoms with E-state index in [9.17, 15) is 14.4 Å². The van der Waals surface area contributed by atoms with Crippen molar-refractivity contribution in [3.05, 3.63) is 57.5 Å². The SMILES string of the molecule is CC(Oc1ccccc1)C(=O)OCCCn1c(=O)c2c(ncn2C)n(C)c1=O. The maximum Gasteiger partial charge on any atom is 0.347 e. The molecule has 0 aliphatic rings. The predicted molar refractivity (Wildman–Crippen MR) is 102 cm³/mol. The molecule has 1 unspecified atom stereocenters. The molecule has 0 saturated heterocycles. The van der Waals surface area contributed by atoms with Crippen molar-refractivity contribution in [3.8, 4) is 5.75 Å². The Morgan fingerprint density at radius 2 is 1.89 bits per heavy atom. The summed E-state index contributed by atoms with van der Waals surface area (Å²) in [6, 6.07) is 8.97. The first-order chi connectivity index (χ1) is 13.4. The van der Waals surface area contributed by atoms with E-state index in [1.54, 1.807) is 37.7 Å². The highest BCUT2D eigenvalue weighted by molar-refractivity contribution is 5.74. The lowest BCUT2D eigenvalue weighted by Crippen LogP contribution is -2.40. The van der Waals surface area contributed by atoms with Gasteiger partial charge in [-0.2, -0.15) is 0 Å². The van der Waals surface area contributed by atoms with Crippen LogP contribution in [0.5, 0.6) is 5.75 Å². The fraction of sp³-hybridized carbons (Fsp3) is 0.368. The quantitative estimate of drug-likeness (QED) is 0.441. The van der Waals surface area contributed by atoms with Gasteiger partial charge in [0.2, 0.25) is 0 Å². The highest BCUT2D eigenvalue weighted by Gasteiger charge is 2.17. The zero-order valence-electron chi connectivity index (χ0n) is 16.0. The van der Waals surface area contributed by atoms with Gasteiger partial charge in [-0.05, 0) is 25.5 Å². The van der Waals surface area contributed by atoms with E-state index >= 15 is 0 Å². The number of aryl methyl sites for hydroxylation is 2. The summed E-state index contributed by atoms with van der Waals surface area (Å²) in [6.45, 7) is 1.81. The number of rotatable bonds is 7. The molecule has 0 radical (unpaired) electrons. The van der Waals surface area contributed by atoms with Gasteiger partial charge in [0.05, 0.1) is 12.9 Å². The molecule has 3 rings (SSSR count). The van der Waals surface area contributed by atoms with Crippen LogP contribution in [0.4, 0.5) is 0 Å². The van der Waals surface area contributed by atoms with Crippen molar-refractivity contribution in [1.82, 2.24) is 18.7 Å². The molecule has 2 heterocycles. The number of benzene rings is 1. The van der Waals surface area contributed by atoms with Gasteiger partial charge in [-0.25, -0.2) is 14.6 Å². The first-order valence-electron chi connectivity index (χ1n) is 8.89. The van der Waals surface area contributed by atoms with Crippen molar-refractivity contribution in [1.29, 1.82) is 0 Å². The average Bonchev–Trinajstić information content (AvgIpc) is 3.08. The Morgan fingerprint density at radius 1 is 1.18 bits per heavy atom. The summed E-state index contributed by atoms with van der Waals surface area (Å²) in [6.07, 6.45) is 1.05. The third kappa shape index (κ3) is 3.83. The maximum absolute atomic E-state index is 12.6. The second-order valence-corrected chi connectivity index (χ2v) is 6.42. The van der Waals surface area contributed by atoms with Gasteiger partial charge < -0.3 is 14.0 Å². The first kappa shape index (κ1) is 19.4. The molecule has 2 aromatic heterocycles. The Kier molecular flexibility index (Phi) is 5.62. The van der Waals surface area contributed by atoms with E-state index in [1.807, 2.05) is 18.2 Å². The summed E-state index contributed by atoms with van der Waals surface area (Å²) in [5.41, 5.74) is -0.176. The molecule has 28 heavy (non-hydrogen) atoms. The molecule has 0 spiro atoms. The topological polar surface area (TPSA) is 97.3 Å². The number of nitrogens with zero attached hydrogens (tertiary/aromatic N) is 4. The molecule has 0 N–H and O–H groups in total. The number of para-hydroxylation sites is 1. The fourth-order valence-electron chi connectivity index (χ4n) is 2.86. The van der Waals surface area contributed by atoms with Gasteiger partial charge >= 0.3 is 11.7 Å². The minimum Gasteiger partial charge on any atom is -0.479 e. The van der Waals surface area contributed by atoms with Crippen LogP contribution in [0.2, 0.25) is 0 Å². The zero-order chi connectivity index (χ0) is 20.3. The van der Waals surface area contributed by atoms with E-state index in [0.717, 1.165) is 4.57 Å². The molecule has 148 valence electrons. The van der Waals surface area contributed by atoms with E-state index in [0.29, 0.717) is 23.3 Å². The van der Waals surface area contributed by atoms with Crippen LogP contribution in [-0.2, 0) is 30.2 Å². The van der Waals surface area contributed by atoms with E-state index in [-0.39, 0.29) is 13.2 Å². The number of imidazole rings is 1. The average molecular weight is 386 g/mol. The summed E-state index contributed by atoms with van der Waals surface area (Å²) in [5.74, 6) is 0.0673. The third-order valence-corrected chi connectivity index (χ3v) is 4.36. The number of hydrogen-bond donors (Lipinski definition) is 0. The number of aromatic nitrogens is 4. The van der Waals surface area contributed by atoms with Crippen LogP contribution in [0.15, 0.2) is 46.2 Å². The Hall–Kier alpha value is -3.36. The number of carbonyl (C=O) groups is 1. The minimum absolute atomic E-state index is 0.0698. The molecular weight excluding hydrogens is 364 g/mol. The van der Waals surface area contributed by atoms with E-state index in [4.69, 9.17) is 9.47 Å². The lowest BCUT2D eigenvalue weighted by Gasteiger charge is -2.14. The summed E-state index contributed by atoms with van der Waals surface area (Å²) in [4.78, 5) is 41.1.